The average Bonchev–Trinajstić information content (AvgIpc) is 3.84. The summed E-state index contributed by atoms with van der Waals surface area (Å²) in [5, 5.41) is 0. The van der Waals surface area contributed by atoms with Gasteiger partial charge in [-0.1, -0.05) is 127 Å². The van der Waals surface area contributed by atoms with Gasteiger partial charge >= 0.3 is 0 Å². The van der Waals surface area contributed by atoms with Crippen LogP contribution in [0.2, 0.25) is 0 Å². The second kappa shape index (κ2) is 12.9. The standard InChI is InChI=1S/C50H32N2O6/c1-29-21-23-32(24-22-29)51-42-35-17-9-11-19-37(35)47(55)39(42)50(40-43(51)36-18-10-12-20-38(36)48(40)56)41(45(53)30-13-5-3-6-14-30)44(46(54)31-15-7-4-8-16-31)52(49(50)57)33-25-27-34(58-2)28-26-33/h3-28H,1-2H3. The number of anilines is 2. The zero-order valence-electron chi connectivity index (χ0n) is 31.4. The molecule has 4 aliphatic rings. The first-order chi connectivity index (χ1) is 28.3. The number of benzene rings is 6. The normalized spacial score (nSPS) is 16.2. The summed E-state index contributed by atoms with van der Waals surface area (Å²) >= 11 is 0. The van der Waals surface area contributed by atoms with Gasteiger partial charge in [-0.15, -0.1) is 0 Å². The summed E-state index contributed by atoms with van der Waals surface area (Å²) in [6, 6.07) is 45.2. The highest BCUT2D eigenvalue weighted by Gasteiger charge is 2.69. The Bertz CT molecular complexity index is 2820. The summed E-state index contributed by atoms with van der Waals surface area (Å²) in [5.74, 6) is -2.63. The number of allylic oxidation sites excluding steroid dienone is 1. The van der Waals surface area contributed by atoms with Crippen LogP contribution in [0.5, 0.6) is 5.75 Å². The largest absolute Gasteiger partial charge is 0.497 e. The Kier molecular flexibility index (Phi) is 7.75. The Morgan fingerprint density at radius 3 is 1.43 bits per heavy atom. The van der Waals surface area contributed by atoms with E-state index in [4.69, 9.17) is 4.74 Å². The highest BCUT2D eigenvalue weighted by molar-refractivity contribution is 6.42. The fourth-order valence-electron chi connectivity index (χ4n) is 8.94. The molecule has 2 aliphatic carbocycles. The van der Waals surface area contributed by atoms with Crippen molar-refractivity contribution in [2.45, 2.75) is 6.92 Å². The number of hydrogen-bond acceptors (Lipinski definition) is 7. The first kappa shape index (κ1) is 34.8. The Morgan fingerprint density at radius 1 is 0.500 bits per heavy atom. The molecule has 6 aromatic rings. The Hall–Kier alpha value is -7.71. The lowest BCUT2D eigenvalue weighted by Gasteiger charge is -2.42. The van der Waals surface area contributed by atoms with Crippen molar-refractivity contribution in [3.05, 3.63) is 219 Å². The van der Waals surface area contributed by atoms with Crippen LogP contribution in [0, 0.1) is 12.3 Å². The zero-order valence-corrected chi connectivity index (χ0v) is 31.4. The molecule has 1 spiro atoms. The van der Waals surface area contributed by atoms with Crippen molar-refractivity contribution in [3.63, 3.8) is 0 Å². The van der Waals surface area contributed by atoms with E-state index in [0.717, 1.165) is 5.56 Å². The van der Waals surface area contributed by atoms with Gasteiger partial charge in [0.2, 0.25) is 5.78 Å². The Balaban J connectivity index is 1.42. The Morgan fingerprint density at radius 2 is 0.931 bits per heavy atom. The van der Waals surface area contributed by atoms with Crippen molar-refractivity contribution < 1.29 is 28.7 Å². The summed E-state index contributed by atoms with van der Waals surface area (Å²) in [5.41, 5.74) is 1.66. The van der Waals surface area contributed by atoms with Crippen LogP contribution in [0.1, 0.15) is 58.1 Å². The van der Waals surface area contributed by atoms with Crippen LogP contribution in [0.4, 0.5) is 11.4 Å². The van der Waals surface area contributed by atoms with Crippen LogP contribution in [-0.4, -0.2) is 36.1 Å². The molecule has 0 unspecified atom stereocenters. The van der Waals surface area contributed by atoms with Gasteiger partial charge in [-0.3, -0.25) is 28.9 Å². The predicted molar refractivity (Wildman–Crippen MR) is 221 cm³/mol. The van der Waals surface area contributed by atoms with Crippen LogP contribution in [-0.2, 0) is 4.79 Å². The number of carbonyl (C=O) groups excluding carboxylic acids is 5. The average molecular weight is 757 g/mol. The van der Waals surface area contributed by atoms with Crippen molar-refractivity contribution in [2.75, 3.05) is 16.9 Å². The topological polar surface area (TPSA) is 101 Å². The SMILES string of the molecule is COc1ccc(N2C(=O)C3(C(C(=O)c4ccccc4)=C2C(=O)c2ccccc2)C2=C(c4ccccc4C2=O)N(c2ccc(C)cc2)C2=C3C(=O)c3ccccc32)cc1. The number of amides is 1. The molecule has 2 aliphatic heterocycles. The van der Waals surface area contributed by atoms with E-state index in [0.29, 0.717) is 45.1 Å². The Labute approximate surface area is 333 Å². The summed E-state index contributed by atoms with van der Waals surface area (Å²) in [6.07, 6.45) is 0. The minimum Gasteiger partial charge on any atom is -0.497 e. The highest BCUT2D eigenvalue weighted by atomic mass is 16.5. The van der Waals surface area contributed by atoms with Crippen LogP contribution in [0.25, 0.3) is 11.4 Å². The number of ketones is 4. The fraction of sp³-hybridized carbons (Fsp3) is 0.0600. The molecule has 10 rings (SSSR count). The predicted octanol–water partition coefficient (Wildman–Crippen LogP) is 9.09. The van der Waals surface area contributed by atoms with E-state index in [9.17, 15) is 0 Å². The van der Waals surface area contributed by atoms with Gasteiger partial charge in [-0.05, 0) is 43.3 Å². The van der Waals surface area contributed by atoms with Crippen molar-refractivity contribution in [3.8, 4) is 5.75 Å². The molecular formula is C50H32N2O6. The van der Waals surface area contributed by atoms with Crippen molar-refractivity contribution in [2.24, 2.45) is 5.41 Å². The molecule has 6 aromatic carbocycles. The molecule has 58 heavy (non-hydrogen) atoms. The highest BCUT2D eigenvalue weighted by Crippen LogP contribution is 2.65. The number of aryl methyl sites for hydroxylation is 1. The monoisotopic (exact) mass is 756 g/mol. The van der Waals surface area contributed by atoms with Gasteiger partial charge < -0.3 is 9.64 Å². The molecule has 0 saturated carbocycles. The molecule has 1 amide bonds. The van der Waals surface area contributed by atoms with Crippen LogP contribution < -0.4 is 14.5 Å². The first-order valence-electron chi connectivity index (χ1n) is 18.8. The van der Waals surface area contributed by atoms with Crippen molar-refractivity contribution in [1.29, 1.82) is 0 Å². The minimum absolute atomic E-state index is 0.0622. The third kappa shape index (κ3) is 4.66. The van der Waals surface area contributed by atoms with Crippen molar-refractivity contribution in [1.82, 2.24) is 0 Å². The number of fused-ring (bicyclic) bond motifs is 6. The molecule has 2 heterocycles. The lowest BCUT2D eigenvalue weighted by atomic mass is 9.62. The molecule has 0 aromatic heterocycles. The second-order valence-corrected chi connectivity index (χ2v) is 14.6. The number of methoxy groups -OCH3 is 1. The summed E-state index contributed by atoms with van der Waals surface area (Å²) in [4.78, 5) is 81.6. The number of carbonyl (C=O) groups is 5. The lowest BCUT2D eigenvalue weighted by Crippen LogP contribution is -2.48. The van der Waals surface area contributed by atoms with Gasteiger partial charge in [0.05, 0.1) is 24.1 Å². The van der Waals surface area contributed by atoms with Gasteiger partial charge in [-0.2, -0.15) is 0 Å². The van der Waals surface area contributed by atoms with Gasteiger partial charge in [0, 0.05) is 55.9 Å². The molecule has 278 valence electrons. The lowest BCUT2D eigenvalue weighted by molar-refractivity contribution is -0.121. The number of nitrogens with zero attached hydrogens (tertiary/aromatic N) is 2. The molecular weight excluding hydrogens is 725 g/mol. The van der Waals surface area contributed by atoms with Gasteiger partial charge in [0.25, 0.3) is 5.91 Å². The van der Waals surface area contributed by atoms with Crippen LogP contribution in [0.15, 0.2) is 180 Å². The maximum atomic E-state index is 16.5. The molecule has 8 heteroatoms. The molecule has 0 radical (unpaired) electrons. The molecule has 0 bridgehead atoms. The maximum Gasteiger partial charge on any atom is 0.252 e. The number of Topliss-reactive ketones (excluding diaryl/α,β-unsaturated/α-hetero) is 4. The van der Waals surface area contributed by atoms with E-state index in [-0.39, 0.29) is 39.2 Å². The zero-order chi connectivity index (χ0) is 39.9. The fourth-order valence-corrected chi connectivity index (χ4v) is 8.94. The van der Waals surface area contributed by atoms with Gasteiger partial charge in [-0.25, -0.2) is 0 Å². The summed E-state index contributed by atoms with van der Waals surface area (Å²) in [6.45, 7) is 1.97. The van der Waals surface area contributed by atoms with E-state index in [2.05, 4.69) is 0 Å². The van der Waals surface area contributed by atoms with E-state index >= 15 is 24.0 Å². The van der Waals surface area contributed by atoms with E-state index in [1.165, 1.54) is 12.0 Å². The third-order valence-electron chi connectivity index (χ3n) is 11.5. The summed E-state index contributed by atoms with van der Waals surface area (Å²) < 4.78 is 5.46. The molecule has 0 saturated heterocycles. The molecule has 0 atom stereocenters. The van der Waals surface area contributed by atoms with Gasteiger partial charge in [0.1, 0.15) is 16.9 Å². The molecule has 0 N–H and O–H groups in total. The minimum atomic E-state index is -2.38. The van der Waals surface area contributed by atoms with E-state index < -0.39 is 34.5 Å². The van der Waals surface area contributed by atoms with Crippen LogP contribution >= 0.6 is 0 Å². The second-order valence-electron chi connectivity index (χ2n) is 14.6. The number of rotatable bonds is 7. The summed E-state index contributed by atoms with van der Waals surface area (Å²) in [7, 11) is 1.52. The van der Waals surface area contributed by atoms with E-state index in [1.54, 1.807) is 109 Å². The smallest absolute Gasteiger partial charge is 0.252 e. The number of hydrogen-bond donors (Lipinski definition) is 0. The first-order valence-corrected chi connectivity index (χ1v) is 18.8. The van der Waals surface area contributed by atoms with Gasteiger partial charge in [0.15, 0.2) is 17.3 Å². The van der Waals surface area contributed by atoms with Crippen LogP contribution in [0.3, 0.4) is 0 Å². The molecule has 8 nitrogen and oxygen atoms in total. The molecule has 0 fully saturated rings. The van der Waals surface area contributed by atoms with E-state index in [1.807, 2.05) is 60.4 Å². The third-order valence-corrected chi connectivity index (χ3v) is 11.5. The maximum absolute atomic E-state index is 16.5. The van der Waals surface area contributed by atoms with Crippen molar-refractivity contribution >= 4 is 51.8 Å². The number of ether oxygens (including phenoxy) is 1. The quantitative estimate of drug-likeness (QED) is 0.150.